The topological polar surface area (TPSA) is 55.8 Å². The highest BCUT2D eigenvalue weighted by molar-refractivity contribution is 8.23. The summed E-state index contributed by atoms with van der Waals surface area (Å²) in [5, 5.41) is 10.3. The normalized spacial score (nSPS) is 31.0. The third-order valence-corrected chi connectivity index (χ3v) is 5.81. The van der Waals surface area contributed by atoms with E-state index in [2.05, 4.69) is 21.1 Å². The number of carbonyl (C=O) groups is 1. The van der Waals surface area contributed by atoms with Crippen molar-refractivity contribution in [2.75, 3.05) is 0 Å². The Morgan fingerprint density at radius 3 is 2.92 bits per heavy atom. The molecular weight excluding hydrogens is 353 g/mol. The fourth-order valence-electron chi connectivity index (χ4n) is 3.75. The van der Waals surface area contributed by atoms with Gasteiger partial charge >= 0.3 is 5.97 Å². The molecule has 7 heteroatoms. The Morgan fingerprint density at radius 1 is 1.44 bits per heavy atom. The lowest BCUT2D eigenvalue weighted by atomic mass is 9.91. The summed E-state index contributed by atoms with van der Waals surface area (Å²) in [5.74, 6) is 0.0318. The molecule has 0 amide bonds. The van der Waals surface area contributed by atoms with Gasteiger partial charge in [0.2, 0.25) is 0 Å². The largest absolute Gasteiger partial charge is 0.462 e. The maximum atomic E-state index is 11.6. The van der Waals surface area contributed by atoms with E-state index >= 15 is 0 Å². The highest BCUT2D eigenvalue weighted by atomic mass is 32.0. The van der Waals surface area contributed by atoms with Gasteiger partial charge in [-0.15, -0.1) is 0 Å². The summed E-state index contributed by atoms with van der Waals surface area (Å²) in [5.41, 5.74) is 1.21. The van der Waals surface area contributed by atoms with Crippen molar-refractivity contribution in [3.8, 4) is 0 Å². The van der Waals surface area contributed by atoms with Crippen LogP contribution in [0.25, 0.3) is 0 Å². The molecule has 4 unspecified atom stereocenters. The molecule has 1 heterocycles. The summed E-state index contributed by atoms with van der Waals surface area (Å²) in [4.78, 5) is 11.6. The lowest BCUT2D eigenvalue weighted by Gasteiger charge is -2.22. The van der Waals surface area contributed by atoms with E-state index in [-0.39, 0.29) is 30.0 Å². The average molecular weight is 376 g/mol. The monoisotopic (exact) mass is 376 g/mol. The van der Waals surface area contributed by atoms with Gasteiger partial charge < -0.3 is 14.4 Å². The molecule has 7 atom stereocenters. The zero-order valence-electron chi connectivity index (χ0n) is 14.0. The minimum absolute atomic E-state index is 0.0527. The second-order valence-corrected chi connectivity index (χ2v) is 9.15. The number of carbonyl (C=O) groups excluding carboxylic acids is 1. The van der Waals surface area contributed by atoms with E-state index in [0.717, 1.165) is 6.42 Å². The van der Waals surface area contributed by atoms with Crippen LogP contribution in [-0.2, 0) is 20.5 Å². The van der Waals surface area contributed by atoms with Crippen LogP contribution < -0.4 is 0 Å². The van der Waals surface area contributed by atoms with Crippen molar-refractivity contribution >= 4 is 30.2 Å². The molecule has 1 N–H and O–H groups in total. The molecule has 0 aromatic heterocycles. The Balaban J connectivity index is 1.59. The van der Waals surface area contributed by atoms with E-state index in [0.29, 0.717) is 19.3 Å². The van der Waals surface area contributed by atoms with Crippen LogP contribution in [-0.4, -0.2) is 37.0 Å². The van der Waals surface area contributed by atoms with Crippen LogP contribution in [0.1, 0.15) is 24.8 Å². The van der Waals surface area contributed by atoms with Gasteiger partial charge in [-0.2, -0.15) is 0 Å². The predicted molar refractivity (Wildman–Crippen MR) is 103 cm³/mol. The second-order valence-electron chi connectivity index (χ2n) is 6.69. The molecule has 0 bridgehead atoms. The van der Waals surface area contributed by atoms with Crippen LogP contribution in [0.5, 0.6) is 0 Å². The van der Waals surface area contributed by atoms with E-state index in [9.17, 15) is 9.90 Å². The van der Waals surface area contributed by atoms with Crippen molar-refractivity contribution in [1.29, 1.82) is 0 Å². The van der Waals surface area contributed by atoms with Gasteiger partial charge in [0.05, 0.1) is 18.6 Å². The summed E-state index contributed by atoms with van der Waals surface area (Å²) in [6, 6.07) is 10.1. The van der Waals surface area contributed by atoms with Gasteiger partial charge in [-0.1, -0.05) is 51.4 Å². The Labute approximate surface area is 153 Å². The lowest BCUT2D eigenvalue weighted by molar-refractivity contribution is -0.141. The van der Waals surface area contributed by atoms with E-state index in [1.165, 1.54) is 5.56 Å². The highest BCUT2D eigenvalue weighted by Crippen LogP contribution is 2.50. The first kappa shape index (κ1) is 19.0. The van der Waals surface area contributed by atoms with Crippen LogP contribution in [0.4, 0.5) is 0 Å². The predicted octanol–water partition coefficient (Wildman–Crippen LogP) is 3.14. The molecule has 1 aromatic rings. The Bertz CT molecular complexity index is 610. The number of aryl methyl sites for hydroxylation is 1. The third-order valence-electron chi connectivity index (χ3n) is 4.94. The SMILES string of the molecule is [B]P(P)O[C@@H]1C[C@@H]2OC(=O)C[C@@H]2C1C=CC(O)CCc1ccccc1. The van der Waals surface area contributed by atoms with Gasteiger partial charge in [0.25, 0.3) is 0 Å². The number of esters is 1. The van der Waals surface area contributed by atoms with Gasteiger partial charge in [0.15, 0.2) is 7.57 Å². The van der Waals surface area contributed by atoms with Crippen LogP contribution >= 0.6 is 16.6 Å². The number of rotatable bonds is 7. The zero-order valence-corrected chi connectivity index (χ0v) is 16.1. The number of ether oxygens (including phenoxy) is 1. The van der Waals surface area contributed by atoms with Crippen molar-refractivity contribution in [2.24, 2.45) is 11.8 Å². The van der Waals surface area contributed by atoms with Gasteiger partial charge in [-0.25, -0.2) is 0 Å². The van der Waals surface area contributed by atoms with Crippen LogP contribution in [0.3, 0.4) is 0 Å². The van der Waals surface area contributed by atoms with Crippen molar-refractivity contribution in [1.82, 2.24) is 0 Å². The summed E-state index contributed by atoms with van der Waals surface area (Å²) >= 11 is 0. The molecule has 1 aliphatic heterocycles. The molecule has 2 aliphatic rings. The van der Waals surface area contributed by atoms with Crippen LogP contribution in [0, 0.1) is 11.8 Å². The summed E-state index contributed by atoms with van der Waals surface area (Å²) in [7, 11) is 7.24. The van der Waals surface area contributed by atoms with Gasteiger partial charge in [0, 0.05) is 18.3 Å². The van der Waals surface area contributed by atoms with Gasteiger partial charge in [0.1, 0.15) is 6.10 Å². The summed E-state index contributed by atoms with van der Waals surface area (Å²) < 4.78 is 11.2. The Morgan fingerprint density at radius 2 is 2.20 bits per heavy atom. The lowest BCUT2D eigenvalue weighted by Crippen LogP contribution is -2.20. The third kappa shape index (κ3) is 5.14. The maximum absolute atomic E-state index is 11.6. The van der Waals surface area contributed by atoms with Crippen molar-refractivity contribution in [2.45, 2.75) is 44.0 Å². The highest BCUT2D eigenvalue weighted by Gasteiger charge is 2.49. The molecule has 3 rings (SSSR count). The summed E-state index contributed by atoms with van der Waals surface area (Å²) in [6.45, 7) is 0. The van der Waals surface area contributed by atoms with E-state index in [1.807, 2.05) is 30.4 Å². The number of aliphatic hydroxyl groups excluding tert-OH is 1. The second kappa shape index (κ2) is 8.78. The fraction of sp³-hybridized carbons (Fsp3) is 0.500. The maximum Gasteiger partial charge on any atom is 0.306 e. The first-order valence-electron chi connectivity index (χ1n) is 8.59. The zero-order chi connectivity index (χ0) is 17.8. The van der Waals surface area contributed by atoms with E-state index in [1.54, 1.807) is 0 Å². The molecule has 132 valence electrons. The molecule has 4 nitrogen and oxygen atoms in total. The molecule has 1 saturated carbocycles. The standard InChI is InChI=1S/C18H23BO4P2/c19-25(24)23-17-11-16-15(10-18(21)22-16)14(17)9-8-13(20)7-6-12-4-2-1-3-5-12/h1-5,8-9,13-17,20H,6-7,10-11,24H2/t13?,14?,15-,16+,17-,25?/m1/s1. The number of benzene rings is 1. The number of fused-ring (bicyclic) bond motifs is 1. The molecule has 1 aromatic carbocycles. The molecule has 25 heavy (non-hydrogen) atoms. The first-order chi connectivity index (χ1) is 12.0. The Kier molecular flexibility index (Phi) is 6.69. The first-order valence-corrected chi connectivity index (χ1v) is 11.5. The van der Waals surface area contributed by atoms with Crippen molar-refractivity contribution in [3.05, 3.63) is 48.0 Å². The molecular formula is C18H23BO4P2. The number of hydrogen-bond acceptors (Lipinski definition) is 4. The minimum Gasteiger partial charge on any atom is -0.462 e. The average Bonchev–Trinajstić information content (AvgIpc) is 3.07. The van der Waals surface area contributed by atoms with E-state index in [4.69, 9.17) is 16.8 Å². The molecule has 1 aliphatic carbocycles. The van der Waals surface area contributed by atoms with Gasteiger partial charge in [-0.05, 0) is 26.1 Å². The smallest absolute Gasteiger partial charge is 0.306 e. The molecule has 2 radical (unpaired) electrons. The summed E-state index contributed by atoms with van der Waals surface area (Å²) in [6.07, 6.45) is 5.73. The minimum atomic E-state index is -1.05. The van der Waals surface area contributed by atoms with E-state index < -0.39 is 13.8 Å². The van der Waals surface area contributed by atoms with Crippen LogP contribution in [0.15, 0.2) is 42.5 Å². The van der Waals surface area contributed by atoms with Crippen molar-refractivity contribution < 1.29 is 19.2 Å². The Hall–Kier alpha value is -0.725. The fourth-order valence-corrected chi connectivity index (χ4v) is 4.75. The molecule has 0 spiro atoms. The van der Waals surface area contributed by atoms with Gasteiger partial charge in [-0.3, -0.25) is 4.79 Å². The molecule has 2 fully saturated rings. The molecule has 1 saturated heterocycles. The van der Waals surface area contributed by atoms with Crippen LogP contribution in [0.2, 0.25) is 0 Å². The number of hydrogen-bond donors (Lipinski definition) is 1. The quantitative estimate of drug-likeness (QED) is 0.344. The van der Waals surface area contributed by atoms with Crippen molar-refractivity contribution in [3.63, 3.8) is 0 Å². The number of aliphatic hydroxyl groups is 1.